The number of benzene rings is 3. The molecule has 222 valence electrons. The summed E-state index contributed by atoms with van der Waals surface area (Å²) >= 11 is 0. The van der Waals surface area contributed by atoms with E-state index >= 15 is 0 Å². The molecule has 2 aliphatic rings. The molecule has 4 aromatic rings. The number of amidine groups is 1. The van der Waals surface area contributed by atoms with Crippen LogP contribution in [0, 0.1) is 0 Å². The Labute approximate surface area is 254 Å². The van der Waals surface area contributed by atoms with E-state index in [1.807, 2.05) is 66.7 Å². The smallest absolute Gasteiger partial charge is 0.324 e. The van der Waals surface area contributed by atoms with Crippen molar-refractivity contribution in [1.82, 2.24) is 9.78 Å². The van der Waals surface area contributed by atoms with Crippen LogP contribution in [0.5, 0.6) is 11.5 Å². The molecule has 0 radical (unpaired) electrons. The van der Waals surface area contributed by atoms with Gasteiger partial charge in [-0.25, -0.2) is 14.5 Å². The fraction of sp³-hybridized carbons (Fsp3) is 0.212. The summed E-state index contributed by atoms with van der Waals surface area (Å²) in [5, 5.41) is 12.4. The number of hydrogen-bond acceptors (Lipinski definition) is 7. The predicted octanol–water partition coefficient (Wildman–Crippen LogP) is 5.74. The molecule has 0 saturated carbocycles. The first-order valence-corrected chi connectivity index (χ1v) is 14.1. The van der Waals surface area contributed by atoms with Crippen molar-refractivity contribution in [1.29, 1.82) is 0 Å². The van der Waals surface area contributed by atoms with Crippen LogP contribution in [0.4, 0.5) is 16.3 Å². The molecular formula is C33H31N7O4. The van der Waals surface area contributed by atoms with Crippen LogP contribution in [-0.2, 0) is 10.2 Å². The lowest BCUT2D eigenvalue weighted by molar-refractivity contribution is -0.111. The van der Waals surface area contributed by atoms with E-state index < -0.39 is 18.0 Å². The van der Waals surface area contributed by atoms with Gasteiger partial charge in [0, 0.05) is 34.0 Å². The number of anilines is 2. The highest BCUT2D eigenvalue weighted by Gasteiger charge is 2.26. The van der Waals surface area contributed by atoms with E-state index in [0.717, 1.165) is 33.5 Å². The van der Waals surface area contributed by atoms with Crippen molar-refractivity contribution in [2.24, 2.45) is 15.0 Å². The van der Waals surface area contributed by atoms with Gasteiger partial charge < -0.3 is 14.8 Å². The summed E-state index contributed by atoms with van der Waals surface area (Å²) in [6, 6.07) is 19.8. The molecule has 3 heterocycles. The van der Waals surface area contributed by atoms with Crippen molar-refractivity contribution in [3.8, 4) is 17.2 Å². The van der Waals surface area contributed by atoms with Gasteiger partial charge in [0.05, 0.1) is 30.4 Å². The van der Waals surface area contributed by atoms with Crippen LogP contribution in [0.1, 0.15) is 26.5 Å². The molecule has 3 amide bonds. The van der Waals surface area contributed by atoms with Crippen molar-refractivity contribution in [2.75, 3.05) is 24.4 Å². The van der Waals surface area contributed by atoms with Crippen LogP contribution in [0.25, 0.3) is 16.5 Å². The van der Waals surface area contributed by atoms with Crippen LogP contribution in [0.2, 0.25) is 0 Å². The summed E-state index contributed by atoms with van der Waals surface area (Å²) in [7, 11) is 1.62. The minimum Gasteiger partial charge on any atom is -0.497 e. The zero-order valence-electron chi connectivity index (χ0n) is 24.7. The largest absolute Gasteiger partial charge is 0.497 e. The molecule has 2 N–H and O–H groups in total. The Balaban J connectivity index is 1.22. The Morgan fingerprint density at radius 3 is 2.52 bits per heavy atom. The summed E-state index contributed by atoms with van der Waals surface area (Å²) in [5.74, 6) is 1.83. The van der Waals surface area contributed by atoms with E-state index in [4.69, 9.17) is 14.6 Å². The van der Waals surface area contributed by atoms with Crippen molar-refractivity contribution in [3.05, 3.63) is 84.1 Å². The van der Waals surface area contributed by atoms with Gasteiger partial charge in [0.1, 0.15) is 30.0 Å². The first-order valence-electron chi connectivity index (χ1n) is 14.1. The SMILES string of the molecule is COc1ccc(-n2nc(C(C)(C)C)cc2NC(=O)Nc2ccc(OCC3=CC=NC4=NC(=O)C=NC34)c3ccccc23)cc1. The summed E-state index contributed by atoms with van der Waals surface area (Å²) in [4.78, 5) is 37.4. The number of fused-ring (bicyclic) bond motifs is 2. The number of methoxy groups -OCH3 is 1. The average Bonchev–Trinajstić information content (AvgIpc) is 3.45. The van der Waals surface area contributed by atoms with E-state index in [-0.39, 0.29) is 12.0 Å². The number of allylic oxidation sites excluding steroid dienone is 1. The number of aromatic nitrogens is 2. The second kappa shape index (κ2) is 11.6. The number of nitrogens with zero attached hydrogens (tertiary/aromatic N) is 5. The lowest BCUT2D eigenvalue weighted by Gasteiger charge is -2.21. The van der Waals surface area contributed by atoms with Crippen LogP contribution < -0.4 is 20.1 Å². The van der Waals surface area contributed by atoms with Gasteiger partial charge in [-0.1, -0.05) is 45.0 Å². The molecule has 0 saturated heterocycles. The Morgan fingerprint density at radius 1 is 1.00 bits per heavy atom. The van der Waals surface area contributed by atoms with E-state index in [0.29, 0.717) is 23.1 Å². The molecule has 1 unspecified atom stereocenters. The molecule has 3 aromatic carbocycles. The summed E-state index contributed by atoms with van der Waals surface area (Å²) in [6.07, 6.45) is 4.62. The van der Waals surface area contributed by atoms with Crippen molar-refractivity contribution >= 4 is 52.5 Å². The lowest BCUT2D eigenvalue weighted by Crippen LogP contribution is -2.30. The number of dihydropyridines is 1. The summed E-state index contributed by atoms with van der Waals surface area (Å²) in [6.45, 7) is 6.44. The zero-order valence-corrected chi connectivity index (χ0v) is 24.7. The summed E-state index contributed by atoms with van der Waals surface area (Å²) in [5.41, 5.74) is 2.83. The number of carbonyl (C=O) groups excluding carboxylic acids is 2. The van der Waals surface area contributed by atoms with Gasteiger partial charge in [0.15, 0.2) is 5.84 Å². The number of aliphatic imine (C=N–C) groups is 3. The van der Waals surface area contributed by atoms with Gasteiger partial charge in [-0.05, 0) is 42.5 Å². The van der Waals surface area contributed by atoms with Crippen molar-refractivity contribution < 1.29 is 19.1 Å². The van der Waals surface area contributed by atoms with Crippen LogP contribution in [-0.4, -0.2) is 59.7 Å². The minimum atomic E-state index is -0.446. The molecule has 0 fully saturated rings. The number of amides is 3. The quantitative estimate of drug-likeness (QED) is 0.284. The number of hydrogen-bond donors (Lipinski definition) is 2. The number of rotatable bonds is 7. The topological polar surface area (TPSA) is 132 Å². The highest BCUT2D eigenvalue weighted by Crippen LogP contribution is 2.33. The van der Waals surface area contributed by atoms with E-state index in [1.165, 1.54) is 6.21 Å². The van der Waals surface area contributed by atoms with Crippen molar-refractivity contribution in [2.45, 2.75) is 32.2 Å². The molecule has 0 spiro atoms. The normalized spacial score (nSPS) is 15.8. The van der Waals surface area contributed by atoms with E-state index in [2.05, 4.69) is 46.4 Å². The monoisotopic (exact) mass is 589 g/mol. The second-order valence-electron chi connectivity index (χ2n) is 11.3. The van der Waals surface area contributed by atoms with Gasteiger partial charge in [-0.2, -0.15) is 10.1 Å². The molecular weight excluding hydrogens is 558 g/mol. The molecule has 6 rings (SSSR count). The molecule has 11 heteroatoms. The third kappa shape index (κ3) is 5.84. The minimum absolute atomic E-state index is 0.226. The van der Waals surface area contributed by atoms with E-state index in [1.54, 1.807) is 24.1 Å². The molecule has 44 heavy (non-hydrogen) atoms. The number of ether oxygens (including phenoxy) is 2. The number of urea groups is 1. The summed E-state index contributed by atoms with van der Waals surface area (Å²) < 4.78 is 13.2. The predicted molar refractivity (Wildman–Crippen MR) is 172 cm³/mol. The van der Waals surface area contributed by atoms with Crippen LogP contribution >= 0.6 is 0 Å². The van der Waals surface area contributed by atoms with Crippen LogP contribution in [0.3, 0.4) is 0 Å². The molecule has 2 aliphatic heterocycles. The highest BCUT2D eigenvalue weighted by molar-refractivity contribution is 6.32. The fourth-order valence-corrected chi connectivity index (χ4v) is 4.89. The third-order valence-electron chi connectivity index (χ3n) is 7.21. The van der Waals surface area contributed by atoms with Crippen LogP contribution in [0.15, 0.2) is 93.4 Å². The van der Waals surface area contributed by atoms with E-state index in [9.17, 15) is 9.59 Å². The van der Waals surface area contributed by atoms with Crippen molar-refractivity contribution in [3.63, 3.8) is 0 Å². The Bertz CT molecular complexity index is 1880. The Hall–Kier alpha value is -5.58. The zero-order chi connectivity index (χ0) is 30.8. The van der Waals surface area contributed by atoms with Gasteiger partial charge in [-0.3, -0.25) is 15.1 Å². The Kier molecular flexibility index (Phi) is 7.52. The molecule has 1 aromatic heterocycles. The van der Waals surface area contributed by atoms with Gasteiger partial charge in [0.2, 0.25) is 0 Å². The van der Waals surface area contributed by atoms with Gasteiger partial charge in [-0.15, -0.1) is 0 Å². The first-order chi connectivity index (χ1) is 21.2. The molecule has 0 bridgehead atoms. The molecule has 11 nitrogen and oxygen atoms in total. The standard InChI is InChI=1S/C33H31N7O4/c1-33(2,3)27-17-28(40(39-27)21-9-11-22(43-4)12-10-21)37-32(42)36-25-13-14-26(24-8-6-5-7-23(24)25)44-19-20-15-16-34-31-30(20)35-18-29(41)38-31/h5-18,30H,19H2,1-4H3,(H2,36,37,42). The molecule has 1 atom stereocenters. The maximum atomic E-state index is 13.4. The maximum Gasteiger partial charge on any atom is 0.324 e. The lowest BCUT2D eigenvalue weighted by atomic mass is 9.92. The molecule has 0 aliphatic carbocycles. The fourth-order valence-electron chi connectivity index (χ4n) is 4.89. The maximum absolute atomic E-state index is 13.4. The second-order valence-corrected chi connectivity index (χ2v) is 11.3. The first kappa shape index (κ1) is 28.5. The van der Waals surface area contributed by atoms with Gasteiger partial charge >= 0.3 is 6.03 Å². The number of carbonyl (C=O) groups is 2. The third-order valence-corrected chi connectivity index (χ3v) is 7.21. The average molecular weight is 590 g/mol. The number of nitrogens with one attached hydrogen (secondary N) is 2. The Morgan fingerprint density at radius 2 is 1.77 bits per heavy atom. The van der Waals surface area contributed by atoms with Gasteiger partial charge in [0.25, 0.3) is 5.91 Å². The highest BCUT2D eigenvalue weighted by atomic mass is 16.5.